The number of carbonyl (C=O) groups is 2. The Balaban J connectivity index is 0.00000240. The lowest BCUT2D eigenvalue weighted by molar-refractivity contribution is -0.139. The normalized spacial score (nSPS) is 21.8. The first-order valence-corrected chi connectivity index (χ1v) is 9.36. The molecule has 2 heterocycles. The van der Waals surface area contributed by atoms with E-state index < -0.39 is 11.7 Å². The molecule has 8 heteroatoms. The first kappa shape index (κ1) is 21.2. The standard InChI is InChI=1S/C21H21F2N3O2.ClH/c22-16-5-3-4-14(10-16)19-12-24-8-9-25(19)21(28)15-11-20(27)26(13-15)18-7-2-1-6-17(18)23;/h1-7,10,15,19,24H,8-9,11-13H2;1H. The molecule has 0 radical (unpaired) electrons. The molecule has 0 aliphatic carbocycles. The molecule has 5 nitrogen and oxygen atoms in total. The Morgan fingerprint density at radius 1 is 1.10 bits per heavy atom. The van der Waals surface area contributed by atoms with Crippen LogP contribution in [-0.2, 0) is 9.59 Å². The number of halogens is 3. The van der Waals surface area contributed by atoms with Crippen LogP contribution in [0.5, 0.6) is 0 Å². The molecule has 0 saturated carbocycles. The molecular formula is C21H22ClF2N3O2. The third kappa shape index (κ3) is 4.26. The zero-order chi connectivity index (χ0) is 19.7. The number of rotatable bonds is 3. The quantitative estimate of drug-likeness (QED) is 0.829. The zero-order valence-corrected chi connectivity index (χ0v) is 16.5. The minimum Gasteiger partial charge on any atom is -0.333 e. The molecule has 2 aromatic rings. The number of benzene rings is 2. The van der Waals surface area contributed by atoms with Crippen LogP contribution in [0.25, 0.3) is 0 Å². The Hall–Kier alpha value is -2.51. The van der Waals surface area contributed by atoms with E-state index in [1.165, 1.54) is 23.1 Å². The summed E-state index contributed by atoms with van der Waals surface area (Å²) < 4.78 is 27.8. The lowest BCUT2D eigenvalue weighted by Crippen LogP contribution is -2.50. The second-order valence-corrected chi connectivity index (χ2v) is 7.16. The SMILES string of the molecule is Cl.O=C1CC(C(=O)N2CCNCC2c2cccc(F)c2)CN1c1ccccc1F. The number of hydrogen-bond acceptors (Lipinski definition) is 3. The van der Waals surface area contributed by atoms with Crippen molar-refractivity contribution in [2.75, 3.05) is 31.1 Å². The summed E-state index contributed by atoms with van der Waals surface area (Å²) in [6.07, 6.45) is 0.0486. The second-order valence-electron chi connectivity index (χ2n) is 7.16. The number of nitrogens with one attached hydrogen (secondary N) is 1. The Morgan fingerprint density at radius 2 is 1.90 bits per heavy atom. The van der Waals surface area contributed by atoms with E-state index in [4.69, 9.17) is 0 Å². The van der Waals surface area contributed by atoms with E-state index in [9.17, 15) is 18.4 Å². The Labute approximate surface area is 174 Å². The molecule has 2 atom stereocenters. The summed E-state index contributed by atoms with van der Waals surface area (Å²) in [4.78, 5) is 28.7. The van der Waals surface area contributed by atoms with Crippen LogP contribution in [0.2, 0.25) is 0 Å². The smallest absolute Gasteiger partial charge is 0.228 e. The van der Waals surface area contributed by atoms with E-state index in [0.29, 0.717) is 19.6 Å². The van der Waals surface area contributed by atoms with Crippen LogP contribution < -0.4 is 10.2 Å². The molecule has 1 N–H and O–H groups in total. The van der Waals surface area contributed by atoms with Gasteiger partial charge in [-0.15, -0.1) is 12.4 Å². The highest BCUT2D eigenvalue weighted by Gasteiger charge is 2.40. The summed E-state index contributed by atoms with van der Waals surface area (Å²) in [7, 11) is 0. The van der Waals surface area contributed by atoms with Gasteiger partial charge in [0.1, 0.15) is 11.6 Å². The maximum Gasteiger partial charge on any atom is 0.228 e. The van der Waals surface area contributed by atoms with Crippen molar-refractivity contribution in [1.82, 2.24) is 10.2 Å². The van der Waals surface area contributed by atoms with Crippen molar-refractivity contribution in [2.24, 2.45) is 5.92 Å². The Morgan fingerprint density at radius 3 is 2.66 bits per heavy atom. The highest BCUT2D eigenvalue weighted by atomic mass is 35.5. The molecule has 4 rings (SSSR count). The van der Waals surface area contributed by atoms with Crippen LogP contribution in [0.1, 0.15) is 18.0 Å². The van der Waals surface area contributed by atoms with Gasteiger partial charge in [0.2, 0.25) is 11.8 Å². The van der Waals surface area contributed by atoms with E-state index >= 15 is 0 Å². The van der Waals surface area contributed by atoms with E-state index in [0.717, 1.165) is 5.56 Å². The van der Waals surface area contributed by atoms with E-state index in [1.54, 1.807) is 35.2 Å². The predicted molar refractivity (Wildman–Crippen MR) is 108 cm³/mol. The van der Waals surface area contributed by atoms with Gasteiger partial charge in [-0.1, -0.05) is 24.3 Å². The summed E-state index contributed by atoms with van der Waals surface area (Å²) in [6, 6.07) is 12.0. The lowest BCUT2D eigenvalue weighted by Gasteiger charge is -2.38. The maximum absolute atomic E-state index is 14.1. The number of para-hydroxylation sites is 1. The van der Waals surface area contributed by atoms with Crippen LogP contribution in [0.15, 0.2) is 48.5 Å². The van der Waals surface area contributed by atoms with E-state index in [1.807, 2.05) is 0 Å². The van der Waals surface area contributed by atoms with Gasteiger partial charge in [-0.3, -0.25) is 9.59 Å². The van der Waals surface area contributed by atoms with Crippen LogP contribution in [-0.4, -0.2) is 42.9 Å². The number of anilines is 1. The van der Waals surface area contributed by atoms with Crippen molar-refractivity contribution in [3.63, 3.8) is 0 Å². The summed E-state index contributed by atoms with van der Waals surface area (Å²) in [5.41, 5.74) is 0.917. The summed E-state index contributed by atoms with van der Waals surface area (Å²) >= 11 is 0. The summed E-state index contributed by atoms with van der Waals surface area (Å²) in [6.45, 7) is 1.78. The minimum absolute atomic E-state index is 0. The maximum atomic E-state index is 14.1. The van der Waals surface area contributed by atoms with Gasteiger partial charge < -0.3 is 15.1 Å². The van der Waals surface area contributed by atoms with Gasteiger partial charge in [0.05, 0.1) is 17.6 Å². The monoisotopic (exact) mass is 421 g/mol. The number of nitrogens with zero attached hydrogens (tertiary/aromatic N) is 2. The van der Waals surface area contributed by atoms with E-state index in [2.05, 4.69) is 5.32 Å². The van der Waals surface area contributed by atoms with Crippen molar-refractivity contribution in [2.45, 2.75) is 12.5 Å². The third-order valence-electron chi connectivity index (χ3n) is 5.38. The molecule has 0 spiro atoms. The number of piperazine rings is 1. The second kappa shape index (κ2) is 8.88. The van der Waals surface area contributed by atoms with Gasteiger partial charge in [0.15, 0.2) is 0 Å². The summed E-state index contributed by atoms with van der Waals surface area (Å²) in [5, 5.41) is 3.24. The minimum atomic E-state index is -0.540. The average Bonchev–Trinajstić information content (AvgIpc) is 3.09. The Kier molecular flexibility index (Phi) is 6.49. The molecule has 2 aliphatic rings. The first-order chi connectivity index (χ1) is 13.5. The van der Waals surface area contributed by atoms with Crippen molar-refractivity contribution in [3.8, 4) is 0 Å². The molecule has 2 unspecified atom stereocenters. The number of amides is 2. The van der Waals surface area contributed by atoms with Crippen molar-refractivity contribution in [1.29, 1.82) is 0 Å². The average molecular weight is 422 g/mol. The lowest BCUT2D eigenvalue weighted by atomic mass is 9.99. The molecule has 2 amide bonds. The molecule has 154 valence electrons. The Bertz CT molecular complexity index is 911. The molecule has 0 aromatic heterocycles. The van der Waals surface area contributed by atoms with Gasteiger partial charge in [-0.2, -0.15) is 0 Å². The number of hydrogen-bond donors (Lipinski definition) is 1. The van der Waals surface area contributed by atoms with E-state index in [-0.39, 0.29) is 54.7 Å². The van der Waals surface area contributed by atoms with Crippen LogP contribution >= 0.6 is 12.4 Å². The van der Waals surface area contributed by atoms with Gasteiger partial charge >= 0.3 is 0 Å². The first-order valence-electron chi connectivity index (χ1n) is 9.36. The van der Waals surface area contributed by atoms with Crippen molar-refractivity contribution >= 4 is 29.9 Å². The van der Waals surface area contributed by atoms with Gasteiger partial charge in [0.25, 0.3) is 0 Å². The molecule has 2 aromatic carbocycles. The molecule has 29 heavy (non-hydrogen) atoms. The highest BCUT2D eigenvalue weighted by Crippen LogP contribution is 2.31. The topological polar surface area (TPSA) is 52.7 Å². The van der Waals surface area contributed by atoms with Gasteiger partial charge in [0, 0.05) is 32.6 Å². The van der Waals surface area contributed by atoms with Crippen LogP contribution in [0.3, 0.4) is 0 Å². The fraction of sp³-hybridized carbons (Fsp3) is 0.333. The van der Waals surface area contributed by atoms with Crippen LogP contribution in [0, 0.1) is 17.6 Å². The third-order valence-corrected chi connectivity index (χ3v) is 5.38. The summed E-state index contributed by atoms with van der Waals surface area (Å²) in [5.74, 6) is -1.79. The van der Waals surface area contributed by atoms with Gasteiger partial charge in [-0.05, 0) is 29.8 Å². The molecule has 2 fully saturated rings. The zero-order valence-electron chi connectivity index (χ0n) is 15.7. The molecule has 2 aliphatic heterocycles. The fourth-order valence-electron chi connectivity index (χ4n) is 3.99. The molecule has 0 bridgehead atoms. The largest absolute Gasteiger partial charge is 0.333 e. The number of carbonyl (C=O) groups excluding carboxylic acids is 2. The van der Waals surface area contributed by atoms with Crippen molar-refractivity contribution in [3.05, 3.63) is 65.7 Å². The van der Waals surface area contributed by atoms with Crippen molar-refractivity contribution < 1.29 is 18.4 Å². The predicted octanol–water partition coefficient (Wildman–Crippen LogP) is 2.91. The molecule has 2 saturated heterocycles. The van der Waals surface area contributed by atoms with Crippen LogP contribution in [0.4, 0.5) is 14.5 Å². The fourth-order valence-corrected chi connectivity index (χ4v) is 3.99. The van der Waals surface area contributed by atoms with Gasteiger partial charge in [-0.25, -0.2) is 8.78 Å². The molecular weight excluding hydrogens is 400 g/mol. The highest BCUT2D eigenvalue weighted by molar-refractivity contribution is 6.00.